The van der Waals surface area contributed by atoms with Gasteiger partial charge in [-0.25, -0.2) is 0 Å². The van der Waals surface area contributed by atoms with Crippen LogP contribution in [0.1, 0.15) is 24.5 Å². The number of hydrogen-bond donors (Lipinski definition) is 0. The van der Waals surface area contributed by atoms with Gasteiger partial charge in [0.1, 0.15) is 12.1 Å². The van der Waals surface area contributed by atoms with E-state index in [-0.39, 0.29) is 23.3 Å². The Morgan fingerprint density at radius 1 is 1.41 bits per heavy atom. The van der Waals surface area contributed by atoms with Crippen molar-refractivity contribution in [2.24, 2.45) is 5.92 Å². The number of methoxy groups -OCH3 is 1. The van der Waals surface area contributed by atoms with Crippen molar-refractivity contribution in [3.63, 3.8) is 0 Å². The summed E-state index contributed by atoms with van der Waals surface area (Å²) in [5, 5.41) is 12.9. The summed E-state index contributed by atoms with van der Waals surface area (Å²) in [5.74, 6) is 1.43. The number of quaternary nitrogens is 1. The third-order valence-electron chi connectivity index (χ3n) is 7.29. The average molecular weight is 371 g/mol. The Balaban J connectivity index is 1.67. The number of ether oxygens (including phenoxy) is 3. The lowest BCUT2D eigenvalue weighted by molar-refractivity contribution is -0.958. The number of carbonyl (C=O) groups excluding carboxylic acids is 1. The molecule has 4 aliphatic rings. The molecule has 6 heteroatoms. The number of benzene rings is 1. The monoisotopic (exact) mass is 371 g/mol. The van der Waals surface area contributed by atoms with Crippen LogP contribution in [0.25, 0.3) is 0 Å². The lowest BCUT2D eigenvalue weighted by Crippen LogP contribution is -2.72. The van der Waals surface area contributed by atoms with Gasteiger partial charge in [-0.05, 0) is 11.6 Å². The molecule has 0 radical (unpaired) electrons. The molecule has 0 amide bonds. The van der Waals surface area contributed by atoms with Gasteiger partial charge in [0.05, 0.1) is 26.1 Å². The molecule has 27 heavy (non-hydrogen) atoms. The molecule has 6 nitrogen and oxygen atoms in total. The molecule has 2 aliphatic carbocycles. The summed E-state index contributed by atoms with van der Waals surface area (Å²) in [6.45, 7) is 2.67. The Labute approximate surface area is 158 Å². The van der Waals surface area contributed by atoms with E-state index in [1.54, 1.807) is 13.2 Å². The zero-order valence-corrected chi connectivity index (χ0v) is 15.9. The molecule has 2 aliphatic heterocycles. The average Bonchev–Trinajstić information content (AvgIpc) is 3.00. The predicted molar refractivity (Wildman–Crippen MR) is 95.3 cm³/mol. The topological polar surface area (TPSA) is 67.8 Å². The fraction of sp³-hybridized carbons (Fsp3) is 0.571. The quantitative estimate of drug-likeness (QED) is 0.449. The van der Waals surface area contributed by atoms with Crippen molar-refractivity contribution in [2.75, 3.05) is 27.4 Å². The third kappa shape index (κ3) is 2.05. The van der Waals surface area contributed by atoms with E-state index in [0.717, 1.165) is 25.1 Å². The van der Waals surface area contributed by atoms with Crippen LogP contribution >= 0.6 is 0 Å². The standard InChI is InChI=1S/C21H25NO5/c1-12(23)26-11-22(2)9-8-21-14-5-6-16(24)20(21)27-19-17(25-3)7-4-13(18(19)21)10-15(14)22/h4-7,14-16,20H,8-11H2,1-3H3/t14-,15?,16-,20-,21-,22-/m0/s1. The molecule has 1 fully saturated rings. The second kappa shape index (κ2) is 5.49. The molecule has 0 aromatic heterocycles. The van der Waals surface area contributed by atoms with Gasteiger partial charge in [-0.3, -0.25) is 9.28 Å². The second-order valence-corrected chi connectivity index (χ2v) is 8.57. The van der Waals surface area contributed by atoms with Crippen LogP contribution in [0.15, 0.2) is 24.3 Å². The van der Waals surface area contributed by atoms with Gasteiger partial charge in [0, 0.05) is 31.2 Å². The highest BCUT2D eigenvalue weighted by Gasteiger charge is 2.66. The molecule has 1 aromatic carbocycles. The van der Waals surface area contributed by atoms with E-state index >= 15 is 0 Å². The minimum absolute atomic E-state index is 0.197. The van der Waals surface area contributed by atoms with Crippen LogP contribution in [-0.4, -0.2) is 56.1 Å². The van der Waals surface area contributed by atoms with E-state index < -0.39 is 12.2 Å². The second-order valence-electron chi connectivity index (χ2n) is 8.57. The van der Waals surface area contributed by atoms with E-state index in [1.165, 1.54) is 18.1 Å². The van der Waals surface area contributed by atoms with Crippen LogP contribution in [0.5, 0.6) is 11.5 Å². The first-order chi connectivity index (χ1) is 12.9. The van der Waals surface area contributed by atoms with Gasteiger partial charge in [-0.2, -0.15) is 0 Å². The molecule has 2 bridgehead atoms. The highest BCUT2D eigenvalue weighted by Crippen LogP contribution is 2.63. The first kappa shape index (κ1) is 17.1. The predicted octanol–water partition coefficient (Wildman–Crippen LogP) is 0.904. The number of piperidine rings is 1. The Kier molecular flexibility index (Phi) is 3.47. The van der Waals surface area contributed by atoms with Gasteiger partial charge in [-0.1, -0.05) is 24.3 Å². The normalized spacial score (nSPS) is 40.1. The lowest BCUT2D eigenvalue weighted by atomic mass is 9.53. The Morgan fingerprint density at radius 3 is 2.96 bits per heavy atom. The molecule has 144 valence electrons. The highest BCUT2D eigenvalue weighted by atomic mass is 16.5. The summed E-state index contributed by atoms with van der Waals surface area (Å²) < 4.78 is 18.0. The van der Waals surface area contributed by atoms with Gasteiger partial charge in [0.15, 0.2) is 11.5 Å². The number of rotatable bonds is 3. The molecule has 0 N–H and O–H groups in total. The van der Waals surface area contributed by atoms with E-state index in [9.17, 15) is 9.90 Å². The van der Waals surface area contributed by atoms with Crippen molar-refractivity contribution in [3.05, 3.63) is 35.4 Å². The minimum Gasteiger partial charge on any atom is -0.846 e. The van der Waals surface area contributed by atoms with Crippen molar-refractivity contribution in [1.29, 1.82) is 0 Å². The summed E-state index contributed by atoms with van der Waals surface area (Å²) in [4.78, 5) is 11.4. The molecule has 1 aromatic rings. The van der Waals surface area contributed by atoms with Gasteiger partial charge < -0.3 is 19.3 Å². The number of esters is 1. The maximum Gasteiger partial charge on any atom is 0.306 e. The number of likely N-dealkylation sites (N-methyl/N-ethyl adjacent to an activating group) is 1. The summed E-state index contributed by atoms with van der Waals surface area (Å²) >= 11 is 0. The maximum absolute atomic E-state index is 12.9. The van der Waals surface area contributed by atoms with E-state index in [4.69, 9.17) is 14.2 Å². The molecule has 0 saturated carbocycles. The molecule has 6 atom stereocenters. The van der Waals surface area contributed by atoms with Crippen molar-refractivity contribution < 1.29 is 28.6 Å². The first-order valence-electron chi connectivity index (χ1n) is 9.59. The smallest absolute Gasteiger partial charge is 0.306 e. The number of likely N-dealkylation sites (tertiary alicyclic amines) is 1. The van der Waals surface area contributed by atoms with Crippen molar-refractivity contribution in [3.8, 4) is 11.5 Å². The summed E-state index contributed by atoms with van der Waals surface area (Å²) in [5.41, 5.74) is 2.14. The zero-order chi connectivity index (χ0) is 19.0. The fourth-order valence-corrected chi connectivity index (χ4v) is 6.03. The molecule has 1 saturated heterocycles. The van der Waals surface area contributed by atoms with Crippen molar-refractivity contribution in [2.45, 2.75) is 43.4 Å². The number of hydrogen-bond acceptors (Lipinski definition) is 5. The van der Waals surface area contributed by atoms with Crippen molar-refractivity contribution >= 4 is 5.97 Å². The van der Waals surface area contributed by atoms with Crippen molar-refractivity contribution in [1.82, 2.24) is 0 Å². The first-order valence-corrected chi connectivity index (χ1v) is 9.59. The van der Waals surface area contributed by atoms with Gasteiger partial charge in [-0.15, -0.1) is 0 Å². The van der Waals surface area contributed by atoms with Gasteiger partial charge in [0.2, 0.25) is 6.73 Å². The molecule has 1 spiro atoms. The van der Waals surface area contributed by atoms with Gasteiger partial charge in [0.25, 0.3) is 0 Å². The van der Waals surface area contributed by atoms with E-state index in [1.807, 2.05) is 6.07 Å². The van der Waals surface area contributed by atoms with Crippen LogP contribution in [0.3, 0.4) is 0 Å². The molecule has 1 unspecified atom stereocenters. The minimum atomic E-state index is -0.879. The Morgan fingerprint density at radius 2 is 2.22 bits per heavy atom. The fourth-order valence-electron chi connectivity index (χ4n) is 6.03. The molecular formula is C21H25NO5. The summed E-state index contributed by atoms with van der Waals surface area (Å²) in [6, 6.07) is 4.32. The zero-order valence-electron chi connectivity index (χ0n) is 15.9. The summed E-state index contributed by atoms with van der Waals surface area (Å²) in [7, 11) is 3.81. The van der Waals surface area contributed by atoms with Gasteiger partial charge >= 0.3 is 5.97 Å². The third-order valence-corrected chi connectivity index (χ3v) is 7.29. The Bertz CT molecular complexity index is 851. The number of nitrogens with zero attached hydrogens (tertiary/aromatic N) is 1. The van der Waals surface area contributed by atoms with E-state index in [0.29, 0.717) is 17.0 Å². The van der Waals surface area contributed by atoms with Crippen LogP contribution in [0, 0.1) is 5.92 Å². The lowest BCUT2D eigenvalue weighted by Gasteiger charge is -2.60. The SMILES string of the molecule is COc1ccc2c3c1O[C@H]1[C@@H]([O-])C=C[C@H]4C(C2)[N@+](C)(COC(C)=O)CC[C@@]341. The Hall–Kier alpha value is -2.05. The highest BCUT2D eigenvalue weighted by molar-refractivity contribution is 5.65. The number of carbonyl (C=O) groups is 1. The maximum atomic E-state index is 12.9. The molecule has 2 heterocycles. The molecule has 5 rings (SSSR count). The van der Waals surface area contributed by atoms with Crippen LogP contribution in [-0.2, 0) is 21.4 Å². The van der Waals surface area contributed by atoms with E-state index in [2.05, 4.69) is 19.2 Å². The largest absolute Gasteiger partial charge is 0.846 e. The van der Waals surface area contributed by atoms with Crippen LogP contribution < -0.4 is 14.6 Å². The van der Waals surface area contributed by atoms with Crippen LogP contribution in [0.2, 0.25) is 0 Å². The summed E-state index contributed by atoms with van der Waals surface area (Å²) in [6.07, 6.45) is 4.32. The molecular weight excluding hydrogens is 346 g/mol. The van der Waals surface area contributed by atoms with Crippen LogP contribution in [0.4, 0.5) is 0 Å².